The van der Waals surface area contributed by atoms with E-state index in [4.69, 9.17) is 5.11 Å². The van der Waals surface area contributed by atoms with Crippen molar-refractivity contribution in [2.45, 2.75) is 20.0 Å². The van der Waals surface area contributed by atoms with Gasteiger partial charge in [-0.3, -0.25) is 0 Å². The Morgan fingerprint density at radius 2 is 2.25 bits per heavy atom. The van der Waals surface area contributed by atoms with Crippen molar-refractivity contribution in [3.8, 4) is 0 Å². The Balaban J connectivity index is 3.10. The second kappa shape index (κ2) is 3.97. The van der Waals surface area contributed by atoms with E-state index >= 15 is 0 Å². The number of benzene rings is 1. The van der Waals surface area contributed by atoms with E-state index in [-0.39, 0.29) is 6.61 Å². The van der Waals surface area contributed by atoms with Gasteiger partial charge in [-0.25, -0.2) is 0 Å². The molecule has 0 heterocycles. The lowest BCUT2D eigenvalue weighted by Crippen LogP contribution is -1.86. The van der Waals surface area contributed by atoms with E-state index in [1.54, 1.807) is 12.1 Å². The van der Waals surface area contributed by atoms with Gasteiger partial charge < -0.3 is 5.11 Å². The van der Waals surface area contributed by atoms with Crippen LogP contribution in [0.2, 0.25) is 0 Å². The van der Waals surface area contributed by atoms with Crippen LogP contribution in [0, 0.1) is 4.91 Å². The van der Waals surface area contributed by atoms with Crippen LogP contribution in [0.25, 0.3) is 0 Å². The molecule has 3 heteroatoms. The average molecular weight is 165 g/mol. The van der Waals surface area contributed by atoms with E-state index in [1.165, 1.54) is 0 Å². The van der Waals surface area contributed by atoms with Gasteiger partial charge in [0.25, 0.3) is 0 Å². The zero-order chi connectivity index (χ0) is 8.97. The summed E-state index contributed by atoms with van der Waals surface area (Å²) in [6, 6.07) is 5.24. The largest absolute Gasteiger partial charge is 0.392 e. The van der Waals surface area contributed by atoms with Crippen LogP contribution in [0.5, 0.6) is 0 Å². The quantitative estimate of drug-likeness (QED) is 0.697. The average Bonchev–Trinajstić information content (AvgIpc) is 2.16. The Hall–Kier alpha value is -1.22. The molecule has 64 valence electrons. The maximum absolute atomic E-state index is 10.3. The van der Waals surface area contributed by atoms with E-state index in [1.807, 2.05) is 13.0 Å². The van der Waals surface area contributed by atoms with Gasteiger partial charge in [0.1, 0.15) is 5.69 Å². The topological polar surface area (TPSA) is 49.7 Å². The summed E-state index contributed by atoms with van der Waals surface area (Å²) in [5, 5.41) is 11.7. The number of nitrogens with zero attached hydrogens (tertiary/aromatic N) is 1. The van der Waals surface area contributed by atoms with Crippen LogP contribution >= 0.6 is 0 Å². The molecule has 0 aliphatic heterocycles. The monoisotopic (exact) mass is 165 g/mol. The normalized spacial score (nSPS) is 9.83. The summed E-state index contributed by atoms with van der Waals surface area (Å²) >= 11 is 0. The third-order valence-corrected chi connectivity index (χ3v) is 1.81. The summed E-state index contributed by atoms with van der Waals surface area (Å²) in [5.74, 6) is 0. The van der Waals surface area contributed by atoms with Crippen LogP contribution in [0.3, 0.4) is 0 Å². The van der Waals surface area contributed by atoms with Crippen molar-refractivity contribution in [3.05, 3.63) is 34.2 Å². The first-order valence-corrected chi connectivity index (χ1v) is 3.87. The molecule has 0 radical (unpaired) electrons. The fourth-order valence-electron chi connectivity index (χ4n) is 1.09. The molecule has 3 nitrogen and oxygen atoms in total. The van der Waals surface area contributed by atoms with Gasteiger partial charge in [-0.1, -0.05) is 19.1 Å². The van der Waals surface area contributed by atoms with Gasteiger partial charge in [0.05, 0.1) is 6.61 Å². The summed E-state index contributed by atoms with van der Waals surface area (Å²) in [4.78, 5) is 10.3. The highest BCUT2D eigenvalue weighted by Gasteiger charge is 2.01. The number of rotatable bonds is 3. The molecular weight excluding hydrogens is 154 g/mol. The number of aliphatic hydroxyl groups excluding tert-OH is 1. The summed E-state index contributed by atoms with van der Waals surface area (Å²) in [6.45, 7) is 1.91. The van der Waals surface area contributed by atoms with Crippen LogP contribution in [-0.4, -0.2) is 5.11 Å². The lowest BCUT2D eigenvalue weighted by Gasteiger charge is -2.01. The van der Waals surface area contributed by atoms with E-state index in [0.717, 1.165) is 17.5 Å². The number of hydrogen-bond acceptors (Lipinski definition) is 3. The molecule has 12 heavy (non-hydrogen) atoms. The molecule has 1 N–H and O–H groups in total. The van der Waals surface area contributed by atoms with Crippen LogP contribution in [-0.2, 0) is 13.0 Å². The second-order valence-corrected chi connectivity index (χ2v) is 2.57. The van der Waals surface area contributed by atoms with Crippen LogP contribution in [0.4, 0.5) is 5.69 Å². The maximum Gasteiger partial charge on any atom is 0.111 e. The van der Waals surface area contributed by atoms with Crippen molar-refractivity contribution in [2.75, 3.05) is 0 Å². The molecule has 0 bridgehead atoms. The SMILES string of the molecule is CCc1ccc(CO)cc1N=O. The number of aliphatic hydroxyl groups is 1. The Morgan fingerprint density at radius 3 is 2.75 bits per heavy atom. The first-order valence-electron chi connectivity index (χ1n) is 3.87. The number of aryl methyl sites for hydroxylation is 1. The highest BCUT2D eigenvalue weighted by Crippen LogP contribution is 2.21. The molecule has 0 aromatic heterocycles. The van der Waals surface area contributed by atoms with Crippen molar-refractivity contribution in [3.63, 3.8) is 0 Å². The van der Waals surface area contributed by atoms with Gasteiger partial charge in [-0.05, 0) is 28.8 Å². The summed E-state index contributed by atoms with van der Waals surface area (Å²) in [6.07, 6.45) is 0.785. The third kappa shape index (κ3) is 1.68. The summed E-state index contributed by atoms with van der Waals surface area (Å²) in [7, 11) is 0. The predicted molar refractivity (Wildman–Crippen MR) is 47.2 cm³/mol. The first-order chi connectivity index (χ1) is 5.81. The van der Waals surface area contributed by atoms with Crippen molar-refractivity contribution >= 4 is 5.69 Å². The molecule has 0 saturated heterocycles. The van der Waals surface area contributed by atoms with Gasteiger partial charge in [-0.15, -0.1) is 4.91 Å². The maximum atomic E-state index is 10.3. The molecule has 0 amide bonds. The minimum atomic E-state index is -0.0491. The van der Waals surface area contributed by atoms with E-state index in [0.29, 0.717) is 5.69 Å². The molecule has 0 spiro atoms. The predicted octanol–water partition coefficient (Wildman–Crippen LogP) is 2.14. The molecule has 0 aliphatic carbocycles. The molecule has 0 aliphatic rings. The standard InChI is InChI=1S/C9H11NO2/c1-2-8-4-3-7(6-11)5-9(8)10-12/h3-5,11H,2,6H2,1H3. The van der Waals surface area contributed by atoms with Gasteiger partial charge in [0, 0.05) is 0 Å². The van der Waals surface area contributed by atoms with Crippen molar-refractivity contribution < 1.29 is 5.11 Å². The highest BCUT2D eigenvalue weighted by atomic mass is 16.3. The minimum Gasteiger partial charge on any atom is -0.392 e. The molecule has 1 rings (SSSR count). The van der Waals surface area contributed by atoms with Crippen LogP contribution in [0.1, 0.15) is 18.1 Å². The molecule has 1 aromatic rings. The molecule has 1 aromatic carbocycles. The zero-order valence-corrected chi connectivity index (χ0v) is 6.95. The molecule has 0 atom stereocenters. The molecular formula is C9H11NO2. The molecule has 0 unspecified atom stereocenters. The Bertz CT molecular complexity index is 284. The second-order valence-electron chi connectivity index (χ2n) is 2.57. The lowest BCUT2D eigenvalue weighted by molar-refractivity contribution is 0.282. The Labute approximate surface area is 71.0 Å². The van der Waals surface area contributed by atoms with Gasteiger partial charge in [-0.2, -0.15) is 0 Å². The summed E-state index contributed by atoms with van der Waals surface area (Å²) < 4.78 is 0. The van der Waals surface area contributed by atoms with Gasteiger partial charge in [0.15, 0.2) is 0 Å². The van der Waals surface area contributed by atoms with E-state index in [2.05, 4.69) is 5.18 Å². The van der Waals surface area contributed by atoms with Crippen LogP contribution < -0.4 is 0 Å². The van der Waals surface area contributed by atoms with Crippen molar-refractivity contribution in [1.82, 2.24) is 0 Å². The minimum absolute atomic E-state index is 0.0491. The van der Waals surface area contributed by atoms with Gasteiger partial charge in [0.2, 0.25) is 0 Å². The van der Waals surface area contributed by atoms with Crippen molar-refractivity contribution in [1.29, 1.82) is 0 Å². The van der Waals surface area contributed by atoms with E-state index < -0.39 is 0 Å². The zero-order valence-electron chi connectivity index (χ0n) is 6.95. The highest BCUT2D eigenvalue weighted by molar-refractivity contribution is 5.48. The van der Waals surface area contributed by atoms with Crippen LogP contribution in [0.15, 0.2) is 23.4 Å². The number of nitroso groups, excluding NO2 is 1. The Kier molecular flexibility index (Phi) is 2.94. The van der Waals surface area contributed by atoms with Crippen molar-refractivity contribution in [2.24, 2.45) is 5.18 Å². The number of hydrogen-bond donors (Lipinski definition) is 1. The Morgan fingerprint density at radius 1 is 1.50 bits per heavy atom. The smallest absolute Gasteiger partial charge is 0.111 e. The van der Waals surface area contributed by atoms with Gasteiger partial charge >= 0.3 is 0 Å². The lowest BCUT2D eigenvalue weighted by atomic mass is 10.1. The summed E-state index contributed by atoms with van der Waals surface area (Å²) in [5.41, 5.74) is 2.08. The fraction of sp³-hybridized carbons (Fsp3) is 0.333. The third-order valence-electron chi connectivity index (χ3n) is 1.81. The first kappa shape index (κ1) is 8.87. The van der Waals surface area contributed by atoms with E-state index in [9.17, 15) is 4.91 Å². The molecule has 0 fully saturated rings. The molecule has 0 saturated carbocycles. The fourth-order valence-corrected chi connectivity index (χ4v) is 1.09.